The highest BCUT2D eigenvalue weighted by atomic mass is 16.7. The summed E-state index contributed by atoms with van der Waals surface area (Å²) in [6.07, 6.45) is -0.446. The molecular weight excluding hydrogens is 156 g/mol. The Morgan fingerprint density at radius 3 is 2.58 bits per heavy atom. The van der Waals surface area contributed by atoms with Crippen LogP contribution in [0.4, 0.5) is 0 Å². The van der Waals surface area contributed by atoms with E-state index in [4.69, 9.17) is 21.3 Å². The van der Waals surface area contributed by atoms with Crippen molar-refractivity contribution < 1.29 is 9.47 Å². The van der Waals surface area contributed by atoms with Crippen LogP contribution in [0.3, 0.4) is 0 Å². The fourth-order valence-corrected chi connectivity index (χ4v) is 0.663. The number of hydrogen-bond donors (Lipinski definition) is 0. The summed E-state index contributed by atoms with van der Waals surface area (Å²) in [6, 6.07) is 1.85. The first-order valence-electron chi connectivity index (χ1n) is 3.65. The van der Waals surface area contributed by atoms with Crippen LogP contribution in [0.15, 0.2) is 0 Å². The zero-order valence-corrected chi connectivity index (χ0v) is 7.28. The van der Waals surface area contributed by atoms with E-state index < -0.39 is 6.29 Å². The van der Waals surface area contributed by atoms with E-state index in [-0.39, 0.29) is 19.3 Å². The molecule has 0 saturated carbocycles. The predicted molar refractivity (Wildman–Crippen MR) is 42.7 cm³/mol. The molecule has 0 aliphatic heterocycles. The smallest absolute Gasteiger partial charge is 0.320 e. The average molecular weight is 168 g/mol. The van der Waals surface area contributed by atoms with Gasteiger partial charge in [0.1, 0.15) is 6.61 Å². The molecule has 0 aromatic rings. The summed E-state index contributed by atoms with van der Waals surface area (Å²) >= 11 is 0. The zero-order chi connectivity index (χ0) is 9.40. The van der Waals surface area contributed by atoms with Gasteiger partial charge in [0.15, 0.2) is 6.29 Å². The van der Waals surface area contributed by atoms with Gasteiger partial charge in [-0.25, -0.2) is 6.57 Å². The summed E-state index contributed by atoms with van der Waals surface area (Å²) in [5.41, 5.74) is 0. The molecule has 0 aromatic carbocycles. The standard InChI is InChI=1S/C8H12N2O2/c1-7(2)8(11-5-4-9)12-6-10-3/h7-8H,5-6H2,1-2H3. The molecule has 4 nitrogen and oxygen atoms in total. The summed E-state index contributed by atoms with van der Waals surface area (Å²) in [5, 5.41) is 8.23. The second-order valence-electron chi connectivity index (χ2n) is 2.54. The van der Waals surface area contributed by atoms with Gasteiger partial charge in [-0.15, -0.1) is 0 Å². The highest BCUT2D eigenvalue weighted by molar-refractivity contribution is 4.68. The van der Waals surface area contributed by atoms with E-state index in [0.717, 1.165) is 0 Å². The monoisotopic (exact) mass is 168 g/mol. The molecule has 0 aliphatic rings. The van der Waals surface area contributed by atoms with Crippen molar-refractivity contribution in [3.8, 4) is 6.07 Å². The molecule has 0 bridgehead atoms. The zero-order valence-electron chi connectivity index (χ0n) is 7.28. The lowest BCUT2D eigenvalue weighted by Crippen LogP contribution is -2.23. The maximum absolute atomic E-state index is 8.23. The van der Waals surface area contributed by atoms with Gasteiger partial charge in [-0.1, -0.05) is 13.8 Å². The van der Waals surface area contributed by atoms with Gasteiger partial charge in [-0.3, -0.25) is 9.58 Å². The number of rotatable bonds is 5. The summed E-state index contributed by atoms with van der Waals surface area (Å²) in [4.78, 5) is 3.03. The Morgan fingerprint density at radius 2 is 2.17 bits per heavy atom. The minimum atomic E-state index is -0.446. The third-order valence-electron chi connectivity index (χ3n) is 1.16. The van der Waals surface area contributed by atoms with Crippen molar-refractivity contribution in [3.63, 3.8) is 0 Å². The maximum atomic E-state index is 8.23. The molecule has 0 N–H and O–H groups in total. The molecule has 66 valence electrons. The summed E-state index contributed by atoms with van der Waals surface area (Å²) in [7, 11) is 0. The van der Waals surface area contributed by atoms with Crippen molar-refractivity contribution in [1.82, 2.24) is 0 Å². The molecule has 0 aliphatic carbocycles. The summed E-state index contributed by atoms with van der Waals surface area (Å²) in [5.74, 6) is 0.153. The van der Waals surface area contributed by atoms with E-state index in [1.165, 1.54) is 0 Å². The van der Waals surface area contributed by atoms with Crippen molar-refractivity contribution in [1.29, 1.82) is 5.26 Å². The molecule has 4 heteroatoms. The van der Waals surface area contributed by atoms with Gasteiger partial charge in [-0.2, -0.15) is 5.26 Å². The Balaban J connectivity index is 3.73. The molecule has 1 unspecified atom stereocenters. The van der Waals surface area contributed by atoms with E-state index in [1.54, 1.807) is 0 Å². The van der Waals surface area contributed by atoms with Crippen molar-refractivity contribution in [2.24, 2.45) is 5.92 Å². The topological polar surface area (TPSA) is 46.6 Å². The summed E-state index contributed by atoms with van der Waals surface area (Å²) in [6.45, 7) is 10.3. The Morgan fingerprint density at radius 1 is 1.50 bits per heavy atom. The molecule has 0 fully saturated rings. The number of hydrogen-bond acceptors (Lipinski definition) is 3. The average Bonchev–Trinajstić information content (AvgIpc) is 2.04. The quantitative estimate of drug-likeness (QED) is 0.460. The van der Waals surface area contributed by atoms with E-state index in [9.17, 15) is 0 Å². The molecule has 12 heavy (non-hydrogen) atoms. The van der Waals surface area contributed by atoms with E-state index in [0.29, 0.717) is 0 Å². The highest BCUT2D eigenvalue weighted by Crippen LogP contribution is 2.07. The molecule has 0 aromatic heterocycles. The molecule has 0 saturated heterocycles. The minimum absolute atomic E-state index is 0.000840. The van der Waals surface area contributed by atoms with Gasteiger partial charge in [0, 0.05) is 5.92 Å². The second kappa shape index (κ2) is 6.60. The van der Waals surface area contributed by atoms with Crippen LogP contribution in [-0.4, -0.2) is 19.6 Å². The predicted octanol–water partition coefficient (Wildman–Crippen LogP) is 1.40. The largest absolute Gasteiger partial charge is 0.337 e. The van der Waals surface area contributed by atoms with Gasteiger partial charge in [-0.05, 0) is 0 Å². The van der Waals surface area contributed by atoms with Crippen molar-refractivity contribution in [3.05, 3.63) is 11.4 Å². The van der Waals surface area contributed by atoms with Crippen molar-refractivity contribution in [2.75, 3.05) is 13.3 Å². The van der Waals surface area contributed by atoms with Crippen molar-refractivity contribution >= 4 is 0 Å². The van der Waals surface area contributed by atoms with E-state index in [1.807, 2.05) is 19.9 Å². The van der Waals surface area contributed by atoms with Crippen LogP contribution in [0, 0.1) is 23.8 Å². The number of ether oxygens (including phenoxy) is 2. The normalized spacial score (nSPS) is 12.1. The first-order chi connectivity index (χ1) is 5.72. The van der Waals surface area contributed by atoms with Gasteiger partial charge in [0.25, 0.3) is 0 Å². The van der Waals surface area contributed by atoms with E-state index >= 15 is 0 Å². The van der Waals surface area contributed by atoms with Crippen LogP contribution < -0.4 is 0 Å². The Hall–Kier alpha value is -1.10. The first kappa shape index (κ1) is 10.9. The summed E-state index contributed by atoms with van der Waals surface area (Å²) < 4.78 is 10.1. The van der Waals surface area contributed by atoms with Crippen LogP contribution in [0.25, 0.3) is 4.85 Å². The molecule has 0 radical (unpaired) electrons. The van der Waals surface area contributed by atoms with Crippen molar-refractivity contribution in [2.45, 2.75) is 20.1 Å². The van der Waals surface area contributed by atoms with Crippen LogP contribution in [0.5, 0.6) is 0 Å². The molecule has 0 amide bonds. The first-order valence-corrected chi connectivity index (χ1v) is 3.65. The van der Waals surface area contributed by atoms with Gasteiger partial charge in [0.2, 0.25) is 0 Å². The Labute approximate surface area is 72.5 Å². The molecule has 0 spiro atoms. The lowest BCUT2D eigenvalue weighted by molar-refractivity contribution is -0.150. The van der Waals surface area contributed by atoms with Gasteiger partial charge < -0.3 is 4.74 Å². The van der Waals surface area contributed by atoms with Gasteiger partial charge >= 0.3 is 6.73 Å². The molecule has 0 heterocycles. The molecular formula is C8H12N2O2. The van der Waals surface area contributed by atoms with Crippen LogP contribution >= 0.6 is 0 Å². The number of nitriles is 1. The lowest BCUT2D eigenvalue weighted by Gasteiger charge is -2.17. The number of nitrogens with zero attached hydrogens (tertiary/aromatic N) is 2. The fourth-order valence-electron chi connectivity index (χ4n) is 0.663. The minimum Gasteiger partial charge on any atom is -0.337 e. The fraction of sp³-hybridized carbons (Fsp3) is 0.750. The van der Waals surface area contributed by atoms with E-state index in [2.05, 4.69) is 4.85 Å². The van der Waals surface area contributed by atoms with Gasteiger partial charge in [0.05, 0.1) is 6.07 Å². The highest BCUT2D eigenvalue weighted by Gasteiger charge is 2.14. The molecule has 1 atom stereocenters. The third-order valence-corrected chi connectivity index (χ3v) is 1.16. The third kappa shape index (κ3) is 4.68. The molecule has 0 rings (SSSR count). The lowest BCUT2D eigenvalue weighted by atomic mass is 10.2. The Bertz CT molecular complexity index is 172. The SMILES string of the molecule is [C-]#[N+]COC(OCC#N)C(C)C. The second-order valence-corrected chi connectivity index (χ2v) is 2.54. The maximum Gasteiger partial charge on any atom is 0.320 e. The van der Waals surface area contributed by atoms with Crippen LogP contribution in [0.1, 0.15) is 13.8 Å². The Kier molecular flexibility index (Phi) is 6.00. The van der Waals surface area contributed by atoms with Crippen LogP contribution in [-0.2, 0) is 9.47 Å². The van der Waals surface area contributed by atoms with Crippen LogP contribution in [0.2, 0.25) is 0 Å².